The number of benzene rings is 1. The Balaban J connectivity index is 2.17. The summed E-state index contributed by atoms with van der Waals surface area (Å²) in [6, 6.07) is 7.56. The second kappa shape index (κ2) is 6.01. The van der Waals surface area contributed by atoms with Crippen LogP contribution in [-0.4, -0.2) is 25.7 Å². The van der Waals surface area contributed by atoms with Crippen LogP contribution >= 0.6 is 0 Å². The zero-order valence-corrected chi connectivity index (χ0v) is 10.5. The Bertz CT molecular complexity index is 346. The highest BCUT2D eigenvalue weighted by molar-refractivity contribution is 5.48. The van der Waals surface area contributed by atoms with E-state index in [4.69, 9.17) is 0 Å². The van der Waals surface area contributed by atoms with Crippen molar-refractivity contribution >= 4 is 5.69 Å². The molecule has 1 heterocycles. The Morgan fingerprint density at radius 3 is 2.88 bits per heavy atom. The van der Waals surface area contributed by atoms with Crippen LogP contribution in [0.25, 0.3) is 0 Å². The van der Waals surface area contributed by atoms with Gasteiger partial charge in [-0.3, -0.25) is 0 Å². The lowest BCUT2D eigenvalue weighted by atomic mass is 10.1. The first-order valence-electron chi connectivity index (χ1n) is 6.55. The average Bonchev–Trinajstić information content (AvgIpc) is 2.62. The van der Waals surface area contributed by atoms with E-state index in [1.54, 1.807) is 12.1 Å². The molecule has 0 spiro atoms. The van der Waals surface area contributed by atoms with Gasteiger partial charge in [0.25, 0.3) is 0 Å². The standard InChI is InChI=1S/C14H21FN2/c1-2-17(12-6-5-10-16-11-9-12)14-8-4-3-7-13(14)15/h3-4,7-8,12,16H,2,5-6,9-11H2,1H3. The second-order valence-corrected chi connectivity index (χ2v) is 4.57. The number of rotatable bonds is 3. The maximum atomic E-state index is 13.8. The lowest BCUT2D eigenvalue weighted by Crippen LogP contribution is -2.36. The number of nitrogens with one attached hydrogen (secondary N) is 1. The van der Waals surface area contributed by atoms with Gasteiger partial charge in [-0.1, -0.05) is 12.1 Å². The molecule has 0 bridgehead atoms. The molecule has 2 rings (SSSR count). The van der Waals surface area contributed by atoms with Crippen LogP contribution in [-0.2, 0) is 0 Å². The molecular formula is C14H21FN2. The number of nitrogens with zero attached hydrogens (tertiary/aromatic N) is 1. The van der Waals surface area contributed by atoms with Crippen LogP contribution in [0.4, 0.5) is 10.1 Å². The number of anilines is 1. The quantitative estimate of drug-likeness (QED) is 0.868. The minimum atomic E-state index is -0.105. The van der Waals surface area contributed by atoms with Gasteiger partial charge in [0.2, 0.25) is 0 Å². The summed E-state index contributed by atoms with van der Waals surface area (Å²) in [5.74, 6) is -0.105. The SMILES string of the molecule is CCN(c1ccccc1F)C1CCCNCC1. The van der Waals surface area contributed by atoms with E-state index in [9.17, 15) is 4.39 Å². The van der Waals surface area contributed by atoms with Gasteiger partial charge in [-0.05, 0) is 51.4 Å². The fourth-order valence-electron chi connectivity index (χ4n) is 2.62. The van der Waals surface area contributed by atoms with Gasteiger partial charge in [0, 0.05) is 12.6 Å². The Kier molecular flexibility index (Phi) is 4.37. The predicted octanol–water partition coefficient (Wildman–Crippen LogP) is 2.79. The average molecular weight is 236 g/mol. The highest BCUT2D eigenvalue weighted by Gasteiger charge is 2.20. The second-order valence-electron chi connectivity index (χ2n) is 4.57. The zero-order valence-electron chi connectivity index (χ0n) is 10.5. The summed E-state index contributed by atoms with van der Waals surface area (Å²) >= 11 is 0. The first-order valence-corrected chi connectivity index (χ1v) is 6.55. The van der Waals surface area contributed by atoms with Crippen molar-refractivity contribution < 1.29 is 4.39 Å². The van der Waals surface area contributed by atoms with E-state index < -0.39 is 0 Å². The Morgan fingerprint density at radius 2 is 2.12 bits per heavy atom. The molecule has 1 fully saturated rings. The molecule has 1 aromatic rings. The molecule has 0 aliphatic carbocycles. The number of hydrogen-bond acceptors (Lipinski definition) is 2. The highest BCUT2D eigenvalue weighted by atomic mass is 19.1. The molecule has 1 N–H and O–H groups in total. The summed E-state index contributed by atoms with van der Waals surface area (Å²) in [4.78, 5) is 2.21. The molecule has 0 saturated carbocycles. The zero-order chi connectivity index (χ0) is 12.1. The van der Waals surface area contributed by atoms with Crippen LogP contribution in [0, 0.1) is 5.82 Å². The summed E-state index contributed by atoms with van der Waals surface area (Å²) in [5.41, 5.74) is 0.752. The monoisotopic (exact) mass is 236 g/mol. The molecule has 0 aromatic heterocycles. The maximum absolute atomic E-state index is 13.8. The normalized spacial score (nSPS) is 20.9. The molecule has 1 aromatic carbocycles. The third kappa shape index (κ3) is 2.97. The van der Waals surface area contributed by atoms with Crippen LogP contribution < -0.4 is 10.2 Å². The highest BCUT2D eigenvalue weighted by Crippen LogP contribution is 2.24. The first-order chi connectivity index (χ1) is 8.33. The Morgan fingerprint density at radius 1 is 1.29 bits per heavy atom. The topological polar surface area (TPSA) is 15.3 Å². The van der Waals surface area contributed by atoms with E-state index >= 15 is 0 Å². The van der Waals surface area contributed by atoms with Crippen LogP contribution in [0.5, 0.6) is 0 Å². The molecule has 94 valence electrons. The number of para-hydroxylation sites is 1. The fourth-order valence-corrected chi connectivity index (χ4v) is 2.62. The van der Waals surface area contributed by atoms with Crippen LogP contribution in [0.15, 0.2) is 24.3 Å². The molecule has 0 radical (unpaired) electrons. The largest absolute Gasteiger partial charge is 0.366 e. The third-order valence-corrected chi connectivity index (χ3v) is 3.49. The van der Waals surface area contributed by atoms with Crippen LogP contribution in [0.1, 0.15) is 26.2 Å². The maximum Gasteiger partial charge on any atom is 0.146 e. The Labute approximate surface area is 103 Å². The molecule has 17 heavy (non-hydrogen) atoms. The van der Waals surface area contributed by atoms with Crippen molar-refractivity contribution in [2.45, 2.75) is 32.2 Å². The van der Waals surface area contributed by atoms with Gasteiger partial charge in [-0.2, -0.15) is 0 Å². The molecule has 1 aliphatic heterocycles. The van der Waals surface area contributed by atoms with E-state index in [0.29, 0.717) is 6.04 Å². The molecule has 1 atom stereocenters. The summed E-state index contributed by atoms with van der Waals surface area (Å²) in [5, 5.41) is 3.40. The minimum Gasteiger partial charge on any atom is -0.366 e. The van der Waals surface area contributed by atoms with E-state index in [1.165, 1.54) is 6.42 Å². The molecular weight excluding hydrogens is 215 g/mol. The predicted molar refractivity (Wildman–Crippen MR) is 69.9 cm³/mol. The lowest BCUT2D eigenvalue weighted by Gasteiger charge is -2.32. The Hall–Kier alpha value is -1.09. The fraction of sp³-hybridized carbons (Fsp3) is 0.571. The van der Waals surface area contributed by atoms with E-state index in [0.717, 1.165) is 38.2 Å². The summed E-state index contributed by atoms with van der Waals surface area (Å²) in [6.07, 6.45) is 3.42. The van der Waals surface area contributed by atoms with Crippen molar-refractivity contribution in [2.24, 2.45) is 0 Å². The molecule has 1 unspecified atom stereocenters. The van der Waals surface area contributed by atoms with Gasteiger partial charge in [-0.15, -0.1) is 0 Å². The molecule has 0 amide bonds. The van der Waals surface area contributed by atoms with Crippen molar-refractivity contribution in [1.29, 1.82) is 0 Å². The molecule has 1 aliphatic rings. The van der Waals surface area contributed by atoms with E-state index in [2.05, 4.69) is 17.1 Å². The first kappa shape index (κ1) is 12.4. The summed E-state index contributed by atoms with van der Waals surface area (Å²) in [7, 11) is 0. The smallest absolute Gasteiger partial charge is 0.146 e. The van der Waals surface area contributed by atoms with Gasteiger partial charge in [0.05, 0.1) is 5.69 Å². The van der Waals surface area contributed by atoms with E-state index in [1.807, 2.05) is 12.1 Å². The number of hydrogen-bond donors (Lipinski definition) is 1. The van der Waals surface area contributed by atoms with Gasteiger partial charge in [0.1, 0.15) is 5.82 Å². The molecule has 2 nitrogen and oxygen atoms in total. The summed E-state index contributed by atoms with van der Waals surface area (Å²) < 4.78 is 13.8. The van der Waals surface area contributed by atoms with Crippen molar-refractivity contribution in [3.63, 3.8) is 0 Å². The summed E-state index contributed by atoms with van der Waals surface area (Å²) in [6.45, 7) is 5.09. The van der Waals surface area contributed by atoms with Gasteiger partial charge in [-0.25, -0.2) is 4.39 Å². The van der Waals surface area contributed by atoms with Crippen LogP contribution in [0.3, 0.4) is 0 Å². The van der Waals surface area contributed by atoms with E-state index in [-0.39, 0.29) is 5.82 Å². The molecule has 3 heteroatoms. The van der Waals surface area contributed by atoms with Crippen molar-refractivity contribution in [3.05, 3.63) is 30.1 Å². The van der Waals surface area contributed by atoms with Crippen LogP contribution in [0.2, 0.25) is 0 Å². The van der Waals surface area contributed by atoms with Gasteiger partial charge >= 0.3 is 0 Å². The number of halogens is 1. The van der Waals surface area contributed by atoms with Gasteiger partial charge in [0.15, 0.2) is 0 Å². The van der Waals surface area contributed by atoms with Crippen molar-refractivity contribution in [1.82, 2.24) is 5.32 Å². The third-order valence-electron chi connectivity index (χ3n) is 3.49. The van der Waals surface area contributed by atoms with Crippen molar-refractivity contribution in [3.8, 4) is 0 Å². The lowest BCUT2D eigenvalue weighted by molar-refractivity contribution is 0.529. The van der Waals surface area contributed by atoms with Crippen molar-refractivity contribution in [2.75, 3.05) is 24.5 Å². The minimum absolute atomic E-state index is 0.105. The van der Waals surface area contributed by atoms with Gasteiger partial charge < -0.3 is 10.2 Å². The molecule has 1 saturated heterocycles.